The smallest absolute Gasteiger partial charge is 0.351 e. The second-order valence-corrected chi connectivity index (χ2v) is 8.36. The molecule has 0 saturated heterocycles. The normalized spacial score (nSPS) is 15.2. The third-order valence-corrected chi connectivity index (χ3v) is 5.33. The van der Waals surface area contributed by atoms with Gasteiger partial charge in [-0.1, -0.05) is 54.1 Å². The van der Waals surface area contributed by atoms with Gasteiger partial charge in [-0.25, -0.2) is 4.79 Å². The van der Waals surface area contributed by atoms with Crippen molar-refractivity contribution in [2.45, 2.75) is 32.0 Å². The van der Waals surface area contributed by atoms with Gasteiger partial charge in [0.1, 0.15) is 5.75 Å². The number of para-hydroxylation sites is 1. The van der Waals surface area contributed by atoms with Gasteiger partial charge in [-0.2, -0.15) is 0 Å². The van der Waals surface area contributed by atoms with Crippen LogP contribution in [0.3, 0.4) is 0 Å². The molecule has 1 atom stereocenters. The van der Waals surface area contributed by atoms with E-state index in [0.29, 0.717) is 22.0 Å². The van der Waals surface area contributed by atoms with Gasteiger partial charge in [-0.15, -0.1) is 0 Å². The van der Waals surface area contributed by atoms with Crippen LogP contribution >= 0.6 is 11.6 Å². The summed E-state index contributed by atoms with van der Waals surface area (Å²) in [5, 5.41) is 3.43. The van der Waals surface area contributed by atoms with Gasteiger partial charge < -0.3 is 14.8 Å². The van der Waals surface area contributed by atoms with Crippen LogP contribution in [-0.2, 0) is 20.7 Å². The maximum Gasteiger partial charge on any atom is 0.351 e. The fourth-order valence-electron chi connectivity index (χ4n) is 3.39. The van der Waals surface area contributed by atoms with Gasteiger partial charge in [0.15, 0.2) is 5.60 Å². The van der Waals surface area contributed by atoms with Crippen molar-refractivity contribution < 1.29 is 19.1 Å². The van der Waals surface area contributed by atoms with Crippen molar-refractivity contribution in [3.05, 3.63) is 94.5 Å². The minimum Gasteiger partial charge on any atom is -0.476 e. The summed E-state index contributed by atoms with van der Waals surface area (Å²) in [6, 6.07) is 22.4. The fraction of sp³-hybridized carbons (Fsp3) is 0.200. The number of halogens is 1. The molecule has 0 radical (unpaired) electrons. The minimum absolute atomic E-state index is 0.364. The monoisotopic (exact) mass is 435 g/mol. The highest BCUT2D eigenvalue weighted by molar-refractivity contribution is 6.30. The van der Waals surface area contributed by atoms with E-state index in [1.807, 2.05) is 54.6 Å². The van der Waals surface area contributed by atoms with E-state index in [9.17, 15) is 9.59 Å². The molecule has 3 aromatic rings. The van der Waals surface area contributed by atoms with Crippen molar-refractivity contribution in [2.24, 2.45) is 0 Å². The van der Waals surface area contributed by atoms with Crippen LogP contribution in [0.15, 0.2) is 72.8 Å². The third kappa shape index (κ3) is 4.72. The average Bonchev–Trinajstić information content (AvgIpc) is 3.06. The largest absolute Gasteiger partial charge is 0.476 e. The molecule has 3 aromatic carbocycles. The van der Waals surface area contributed by atoms with Gasteiger partial charge in [0, 0.05) is 16.3 Å². The first kappa shape index (κ1) is 20.9. The Bertz CT molecular complexity index is 1110. The van der Waals surface area contributed by atoms with Crippen LogP contribution in [0.4, 0.5) is 5.69 Å². The van der Waals surface area contributed by atoms with E-state index in [-0.39, 0.29) is 5.91 Å². The number of benzene rings is 3. The Morgan fingerprint density at radius 3 is 2.26 bits per heavy atom. The maximum absolute atomic E-state index is 12.8. The topological polar surface area (TPSA) is 64.6 Å². The van der Waals surface area contributed by atoms with Crippen molar-refractivity contribution in [2.75, 3.05) is 5.32 Å². The number of nitrogens with one attached hydrogen (secondary N) is 1. The maximum atomic E-state index is 12.8. The lowest BCUT2D eigenvalue weighted by molar-refractivity contribution is -0.167. The number of hydrogen-bond acceptors (Lipinski definition) is 4. The number of rotatable bonds is 6. The Balaban J connectivity index is 1.40. The molecule has 1 heterocycles. The number of esters is 1. The quantitative estimate of drug-likeness (QED) is 0.532. The Hall–Kier alpha value is -3.31. The number of ether oxygens (including phenoxy) is 2. The van der Waals surface area contributed by atoms with Crippen molar-refractivity contribution in [1.82, 2.24) is 0 Å². The number of fused-ring (bicyclic) bond motifs is 1. The fourth-order valence-corrected chi connectivity index (χ4v) is 3.52. The molecule has 0 aromatic heterocycles. The van der Waals surface area contributed by atoms with Gasteiger partial charge >= 0.3 is 5.97 Å². The van der Waals surface area contributed by atoms with Crippen LogP contribution in [0, 0.1) is 0 Å². The SMILES string of the molecule is CC(C)(Oc1ccc(Cc2ccc(Cl)cc2)cc1)C(=O)OC1C(=O)Nc2ccccc21. The molecule has 6 heteroatoms. The summed E-state index contributed by atoms with van der Waals surface area (Å²) in [5.74, 6) is -0.440. The number of carbonyl (C=O) groups excluding carboxylic acids is 2. The first-order valence-corrected chi connectivity index (χ1v) is 10.3. The van der Waals surface area contributed by atoms with Crippen molar-refractivity contribution in [3.8, 4) is 5.75 Å². The molecule has 5 nitrogen and oxygen atoms in total. The lowest BCUT2D eigenvalue weighted by atomic mass is 10.0. The third-order valence-electron chi connectivity index (χ3n) is 5.07. The van der Waals surface area contributed by atoms with E-state index in [1.165, 1.54) is 0 Å². The molecule has 0 fully saturated rings. The Morgan fingerprint density at radius 1 is 0.968 bits per heavy atom. The molecular weight excluding hydrogens is 414 g/mol. The Morgan fingerprint density at radius 2 is 1.58 bits per heavy atom. The van der Waals surface area contributed by atoms with Crippen molar-refractivity contribution >= 4 is 29.2 Å². The molecular formula is C25H22ClNO4. The molecule has 158 valence electrons. The molecule has 31 heavy (non-hydrogen) atoms. The second-order valence-electron chi connectivity index (χ2n) is 7.92. The van der Waals surface area contributed by atoms with Gasteiger partial charge in [-0.05, 0) is 61.7 Å². The summed E-state index contributed by atoms with van der Waals surface area (Å²) >= 11 is 5.93. The summed E-state index contributed by atoms with van der Waals surface area (Å²) < 4.78 is 11.4. The second kappa shape index (κ2) is 8.44. The molecule has 1 aliphatic rings. The Labute approximate surface area is 185 Å². The number of hydrogen-bond donors (Lipinski definition) is 1. The van der Waals surface area contributed by atoms with Gasteiger partial charge in [-0.3, -0.25) is 4.79 Å². The van der Waals surface area contributed by atoms with Crippen LogP contribution < -0.4 is 10.1 Å². The first-order valence-electron chi connectivity index (χ1n) is 9.95. The zero-order chi connectivity index (χ0) is 22.0. The van der Waals surface area contributed by atoms with Gasteiger partial charge in [0.05, 0.1) is 0 Å². The van der Waals surface area contributed by atoms with Crippen LogP contribution in [-0.4, -0.2) is 17.5 Å². The van der Waals surface area contributed by atoms with Crippen molar-refractivity contribution in [3.63, 3.8) is 0 Å². The lowest BCUT2D eigenvalue weighted by Crippen LogP contribution is -2.41. The van der Waals surface area contributed by atoms with E-state index in [0.717, 1.165) is 17.5 Å². The standard InChI is InChI=1S/C25H22ClNO4/c1-25(2,24(29)30-22-20-5-3-4-6-21(20)27-23(22)28)31-19-13-9-17(10-14-19)15-16-7-11-18(26)12-8-16/h3-14,22H,15H2,1-2H3,(H,27,28). The van der Waals surface area contributed by atoms with Crippen LogP contribution in [0.1, 0.15) is 36.6 Å². The molecule has 0 saturated carbocycles. The Kier molecular flexibility index (Phi) is 5.70. The summed E-state index contributed by atoms with van der Waals surface area (Å²) in [5.41, 5.74) is 2.28. The van der Waals surface area contributed by atoms with E-state index in [1.54, 1.807) is 32.0 Å². The van der Waals surface area contributed by atoms with Gasteiger partial charge in [0.2, 0.25) is 6.10 Å². The molecule has 0 bridgehead atoms. The lowest BCUT2D eigenvalue weighted by Gasteiger charge is -2.25. The zero-order valence-electron chi connectivity index (χ0n) is 17.2. The van der Waals surface area contributed by atoms with Crippen LogP contribution in [0.2, 0.25) is 5.02 Å². The highest BCUT2D eigenvalue weighted by atomic mass is 35.5. The molecule has 1 amide bonds. The van der Waals surface area contributed by atoms with Crippen molar-refractivity contribution in [1.29, 1.82) is 0 Å². The molecule has 1 aliphatic heterocycles. The summed E-state index contributed by atoms with van der Waals surface area (Å²) in [6.45, 7) is 3.24. The molecule has 0 aliphatic carbocycles. The van der Waals surface area contributed by atoms with Crippen LogP contribution in [0.25, 0.3) is 0 Å². The molecule has 0 spiro atoms. The molecule has 1 N–H and O–H groups in total. The van der Waals surface area contributed by atoms with E-state index in [2.05, 4.69) is 5.32 Å². The number of carbonyl (C=O) groups is 2. The zero-order valence-corrected chi connectivity index (χ0v) is 18.0. The molecule has 4 rings (SSSR count). The minimum atomic E-state index is -1.27. The summed E-state index contributed by atoms with van der Waals surface area (Å²) in [4.78, 5) is 25.0. The predicted molar refractivity (Wildman–Crippen MR) is 119 cm³/mol. The first-order chi connectivity index (χ1) is 14.8. The number of anilines is 1. The van der Waals surface area contributed by atoms with E-state index in [4.69, 9.17) is 21.1 Å². The average molecular weight is 436 g/mol. The van der Waals surface area contributed by atoms with Gasteiger partial charge in [0.25, 0.3) is 5.91 Å². The predicted octanol–water partition coefficient (Wildman–Crippen LogP) is 5.32. The van der Waals surface area contributed by atoms with E-state index < -0.39 is 17.7 Å². The number of amides is 1. The summed E-state index contributed by atoms with van der Waals surface area (Å²) in [6.07, 6.45) is -0.215. The highest BCUT2D eigenvalue weighted by Gasteiger charge is 2.39. The van der Waals surface area contributed by atoms with Crippen LogP contribution in [0.5, 0.6) is 5.75 Å². The molecule has 1 unspecified atom stereocenters. The van der Waals surface area contributed by atoms with E-state index >= 15 is 0 Å². The summed E-state index contributed by atoms with van der Waals surface area (Å²) in [7, 11) is 0. The highest BCUT2D eigenvalue weighted by Crippen LogP contribution is 2.34.